The molecule has 22 heavy (non-hydrogen) atoms. The van der Waals surface area contributed by atoms with Gasteiger partial charge in [-0.15, -0.1) is 0 Å². The predicted molar refractivity (Wildman–Crippen MR) is 85.5 cm³/mol. The number of fused-ring (bicyclic) bond motifs is 1. The first-order valence-corrected chi connectivity index (χ1v) is 7.64. The van der Waals surface area contributed by atoms with Crippen LogP contribution in [0.15, 0.2) is 48.5 Å². The first-order valence-electron chi connectivity index (χ1n) is 7.64. The van der Waals surface area contributed by atoms with E-state index < -0.39 is 0 Å². The van der Waals surface area contributed by atoms with Crippen LogP contribution in [0.5, 0.6) is 17.2 Å². The monoisotopic (exact) mass is 299 g/mol. The van der Waals surface area contributed by atoms with E-state index in [9.17, 15) is 0 Å². The summed E-state index contributed by atoms with van der Waals surface area (Å²) < 4.78 is 16.5. The number of rotatable bonds is 7. The number of ether oxygens (including phenoxy) is 3. The average molecular weight is 299 g/mol. The van der Waals surface area contributed by atoms with Gasteiger partial charge in [-0.3, -0.25) is 0 Å². The van der Waals surface area contributed by atoms with Crippen LogP contribution in [0.3, 0.4) is 0 Å². The number of hydrogen-bond acceptors (Lipinski definition) is 4. The van der Waals surface area contributed by atoms with Crippen LogP contribution in [0.2, 0.25) is 0 Å². The Bertz CT molecular complexity index is 601. The molecule has 2 aromatic carbocycles. The Balaban J connectivity index is 1.51. The van der Waals surface area contributed by atoms with Gasteiger partial charge in [0, 0.05) is 0 Å². The Morgan fingerprint density at radius 2 is 1.86 bits per heavy atom. The lowest BCUT2D eigenvalue weighted by Gasteiger charge is -2.16. The predicted octanol–water partition coefficient (Wildman–Crippen LogP) is 3.32. The standard InChI is InChI=1S/C18H21NO3/c19-12-15(5-4-10-20-16-6-2-1-3-7-16)14-8-9-17-18(11-14)22-13-21-17/h1-3,6-9,11,15H,4-5,10,12-13,19H2. The van der Waals surface area contributed by atoms with Crippen LogP contribution in [0, 0.1) is 0 Å². The molecule has 2 N–H and O–H groups in total. The summed E-state index contributed by atoms with van der Waals surface area (Å²) in [4.78, 5) is 0. The highest BCUT2D eigenvalue weighted by atomic mass is 16.7. The molecule has 4 heteroatoms. The van der Waals surface area contributed by atoms with Crippen molar-refractivity contribution in [3.63, 3.8) is 0 Å². The van der Waals surface area contributed by atoms with E-state index in [-0.39, 0.29) is 0 Å². The third-order valence-corrected chi connectivity index (χ3v) is 3.86. The Hall–Kier alpha value is -2.20. The minimum Gasteiger partial charge on any atom is -0.494 e. The van der Waals surface area contributed by atoms with Crippen LogP contribution >= 0.6 is 0 Å². The third-order valence-electron chi connectivity index (χ3n) is 3.86. The SMILES string of the molecule is NCC(CCCOc1ccccc1)c1ccc2c(c1)OCO2. The molecule has 0 fully saturated rings. The van der Waals surface area contributed by atoms with Gasteiger partial charge in [0.15, 0.2) is 11.5 Å². The van der Waals surface area contributed by atoms with Gasteiger partial charge in [-0.05, 0) is 55.1 Å². The van der Waals surface area contributed by atoms with Gasteiger partial charge in [0.25, 0.3) is 0 Å². The second-order valence-electron chi connectivity index (χ2n) is 5.35. The van der Waals surface area contributed by atoms with E-state index in [1.807, 2.05) is 42.5 Å². The van der Waals surface area contributed by atoms with Gasteiger partial charge in [0.2, 0.25) is 6.79 Å². The van der Waals surface area contributed by atoms with Crippen molar-refractivity contribution in [1.82, 2.24) is 0 Å². The van der Waals surface area contributed by atoms with Crippen molar-refractivity contribution < 1.29 is 14.2 Å². The molecule has 0 aromatic heterocycles. The molecule has 1 heterocycles. The van der Waals surface area contributed by atoms with Gasteiger partial charge in [-0.2, -0.15) is 0 Å². The maximum Gasteiger partial charge on any atom is 0.231 e. The number of para-hydroxylation sites is 1. The minimum atomic E-state index is 0.303. The molecule has 1 atom stereocenters. The molecule has 1 unspecified atom stereocenters. The molecule has 0 radical (unpaired) electrons. The molecule has 0 spiro atoms. The van der Waals surface area contributed by atoms with Crippen LogP contribution in [0.4, 0.5) is 0 Å². The van der Waals surface area contributed by atoms with E-state index in [1.165, 1.54) is 5.56 Å². The van der Waals surface area contributed by atoms with Gasteiger partial charge in [0.05, 0.1) is 6.61 Å². The van der Waals surface area contributed by atoms with E-state index in [1.54, 1.807) is 0 Å². The topological polar surface area (TPSA) is 53.7 Å². The maximum atomic E-state index is 5.93. The molecular weight excluding hydrogens is 278 g/mol. The molecular formula is C18H21NO3. The Morgan fingerprint density at radius 3 is 2.68 bits per heavy atom. The highest BCUT2D eigenvalue weighted by Crippen LogP contribution is 2.35. The molecule has 3 rings (SSSR count). The van der Waals surface area contributed by atoms with Crippen molar-refractivity contribution >= 4 is 0 Å². The second kappa shape index (κ2) is 7.18. The van der Waals surface area contributed by atoms with E-state index in [2.05, 4.69) is 6.07 Å². The molecule has 1 aliphatic rings. The summed E-state index contributed by atoms with van der Waals surface area (Å²) in [5, 5.41) is 0. The summed E-state index contributed by atoms with van der Waals surface area (Å²) in [6.07, 6.45) is 1.95. The molecule has 1 aliphatic heterocycles. The van der Waals surface area contributed by atoms with Crippen LogP contribution < -0.4 is 19.9 Å². The summed E-state index contributed by atoms with van der Waals surface area (Å²) >= 11 is 0. The van der Waals surface area contributed by atoms with Crippen LogP contribution in [-0.4, -0.2) is 19.9 Å². The maximum absolute atomic E-state index is 5.93. The summed E-state index contributed by atoms with van der Waals surface area (Å²) in [6, 6.07) is 15.9. The molecule has 0 saturated heterocycles. The van der Waals surface area contributed by atoms with Crippen LogP contribution in [0.25, 0.3) is 0 Å². The highest BCUT2D eigenvalue weighted by molar-refractivity contribution is 5.45. The van der Waals surface area contributed by atoms with Crippen molar-refractivity contribution in [3.8, 4) is 17.2 Å². The van der Waals surface area contributed by atoms with Gasteiger partial charge in [-0.25, -0.2) is 0 Å². The van der Waals surface area contributed by atoms with E-state index >= 15 is 0 Å². The largest absolute Gasteiger partial charge is 0.494 e. The minimum absolute atomic E-state index is 0.303. The van der Waals surface area contributed by atoms with Crippen molar-refractivity contribution in [2.24, 2.45) is 5.73 Å². The second-order valence-corrected chi connectivity index (χ2v) is 5.35. The average Bonchev–Trinajstić information content (AvgIpc) is 3.03. The fourth-order valence-electron chi connectivity index (χ4n) is 2.62. The first kappa shape index (κ1) is 14.7. The van der Waals surface area contributed by atoms with Gasteiger partial charge in [-0.1, -0.05) is 24.3 Å². The molecule has 0 bridgehead atoms. The van der Waals surface area contributed by atoms with Crippen molar-refractivity contribution in [2.75, 3.05) is 19.9 Å². The Labute approximate surface area is 130 Å². The molecule has 116 valence electrons. The third kappa shape index (κ3) is 3.52. The van der Waals surface area contributed by atoms with Crippen molar-refractivity contribution in [2.45, 2.75) is 18.8 Å². The summed E-state index contributed by atoms with van der Waals surface area (Å²) in [7, 11) is 0. The number of hydrogen-bond donors (Lipinski definition) is 1. The quantitative estimate of drug-likeness (QED) is 0.797. The van der Waals surface area contributed by atoms with Crippen LogP contribution in [0.1, 0.15) is 24.3 Å². The summed E-state index contributed by atoms with van der Waals surface area (Å²) in [6.45, 7) is 1.62. The smallest absolute Gasteiger partial charge is 0.231 e. The number of benzene rings is 2. The van der Waals surface area contributed by atoms with Crippen molar-refractivity contribution in [1.29, 1.82) is 0 Å². The van der Waals surface area contributed by atoms with Crippen molar-refractivity contribution in [3.05, 3.63) is 54.1 Å². The zero-order valence-corrected chi connectivity index (χ0v) is 12.5. The van der Waals surface area contributed by atoms with E-state index in [4.69, 9.17) is 19.9 Å². The van der Waals surface area contributed by atoms with Gasteiger partial charge in [0.1, 0.15) is 5.75 Å². The van der Waals surface area contributed by atoms with E-state index in [0.717, 1.165) is 30.1 Å². The fourth-order valence-corrected chi connectivity index (χ4v) is 2.62. The van der Waals surface area contributed by atoms with Gasteiger partial charge >= 0.3 is 0 Å². The Kier molecular flexibility index (Phi) is 4.81. The zero-order chi connectivity index (χ0) is 15.2. The first-order chi connectivity index (χ1) is 10.9. The lowest BCUT2D eigenvalue weighted by molar-refractivity contribution is 0.174. The van der Waals surface area contributed by atoms with E-state index in [0.29, 0.717) is 25.9 Å². The fraction of sp³-hybridized carbons (Fsp3) is 0.333. The summed E-state index contributed by atoms with van der Waals surface area (Å²) in [5.41, 5.74) is 7.13. The van der Waals surface area contributed by atoms with Gasteiger partial charge < -0.3 is 19.9 Å². The highest BCUT2D eigenvalue weighted by Gasteiger charge is 2.17. The van der Waals surface area contributed by atoms with Crippen LogP contribution in [-0.2, 0) is 0 Å². The lowest BCUT2D eigenvalue weighted by atomic mass is 9.94. The lowest BCUT2D eigenvalue weighted by Crippen LogP contribution is -2.13. The summed E-state index contributed by atoms with van der Waals surface area (Å²) in [5.74, 6) is 2.85. The number of nitrogens with two attached hydrogens (primary N) is 1. The molecule has 0 aliphatic carbocycles. The molecule has 0 amide bonds. The normalized spacial score (nSPS) is 13.9. The Morgan fingerprint density at radius 1 is 1.05 bits per heavy atom. The molecule has 0 saturated carbocycles. The molecule has 2 aromatic rings. The molecule has 4 nitrogen and oxygen atoms in total. The zero-order valence-electron chi connectivity index (χ0n) is 12.5.